The Hall–Kier alpha value is -1.75. The van der Waals surface area contributed by atoms with Crippen molar-refractivity contribution in [3.05, 3.63) is 57.9 Å². The van der Waals surface area contributed by atoms with Crippen molar-refractivity contribution in [2.45, 2.75) is 6.92 Å². The topological polar surface area (TPSA) is 42.0 Å². The van der Waals surface area contributed by atoms with Gasteiger partial charge in [-0.2, -0.15) is 0 Å². The van der Waals surface area contributed by atoms with Crippen LogP contribution in [0.4, 0.5) is 10.2 Å². The van der Waals surface area contributed by atoms with Crippen LogP contribution in [-0.2, 0) is 0 Å². The van der Waals surface area contributed by atoms with Crippen molar-refractivity contribution in [3.8, 4) is 0 Å². The number of nitrogens with one attached hydrogen (secondary N) is 1. The molecule has 0 atom stereocenters. The maximum atomic E-state index is 12.9. The minimum atomic E-state index is -0.396. The van der Waals surface area contributed by atoms with Crippen LogP contribution in [0.5, 0.6) is 0 Å². The number of hydrogen-bond acceptors (Lipinski definition) is 2. The average molecular weight is 309 g/mol. The van der Waals surface area contributed by atoms with Crippen LogP contribution in [0.15, 0.2) is 40.9 Å². The highest BCUT2D eigenvalue weighted by Crippen LogP contribution is 2.19. The van der Waals surface area contributed by atoms with Crippen LogP contribution >= 0.6 is 15.9 Å². The molecule has 0 saturated heterocycles. The molecule has 92 valence electrons. The van der Waals surface area contributed by atoms with Gasteiger partial charge in [-0.05, 0) is 53.2 Å². The number of carbonyl (C=O) groups is 1. The maximum absolute atomic E-state index is 12.9. The summed E-state index contributed by atoms with van der Waals surface area (Å²) in [6, 6.07) is 9.25. The summed E-state index contributed by atoms with van der Waals surface area (Å²) in [5.74, 6) is -0.261. The van der Waals surface area contributed by atoms with Gasteiger partial charge in [0.2, 0.25) is 0 Å². The highest BCUT2D eigenvalue weighted by molar-refractivity contribution is 9.10. The molecular formula is C13H10BrFN2O. The molecule has 1 N–H and O–H groups in total. The van der Waals surface area contributed by atoms with E-state index in [1.165, 1.54) is 18.2 Å². The molecule has 0 bridgehead atoms. The molecule has 1 aromatic carbocycles. The number of hydrogen-bond donors (Lipinski definition) is 1. The van der Waals surface area contributed by atoms with Crippen LogP contribution in [0.25, 0.3) is 0 Å². The number of carbonyl (C=O) groups excluding carboxylic acids is 1. The molecule has 0 saturated carbocycles. The molecule has 5 heteroatoms. The van der Waals surface area contributed by atoms with Crippen molar-refractivity contribution in [2.75, 3.05) is 5.32 Å². The fourth-order valence-corrected chi connectivity index (χ4v) is 2.00. The molecule has 1 amide bonds. The minimum absolute atomic E-state index is 0.333. The Bertz CT molecular complexity index is 601. The summed E-state index contributed by atoms with van der Waals surface area (Å²) in [7, 11) is 0. The Labute approximate surface area is 112 Å². The SMILES string of the molecule is Cc1cccc(NC(=O)c2ccc(F)cc2Br)n1. The van der Waals surface area contributed by atoms with E-state index < -0.39 is 5.82 Å². The lowest BCUT2D eigenvalue weighted by Crippen LogP contribution is -2.13. The number of benzene rings is 1. The molecule has 1 aromatic heterocycles. The van der Waals surface area contributed by atoms with Crippen molar-refractivity contribution in [1.29, 1.82) is 0 Å². The molecule has 0 fully saturated rings. The Morgan fingerprint density at radius 3 is 2.78 bits per heavy atom. The van der Waals surface area contributed by atoms with E-state index in [0.717, 1.165) is 5.69 Å². The van der Waals surface area contributed by atoms with Gasteiger partial charge in [-0.3, -0.25) is 4.79 Å². The number of halogens is 2. The number of amides is 1. The van der Waals surface area contributed by atoms with Gasteiger partial charge >= 0.3 is 0 Å². The fraction of sp³-hybridized carbons (Fsp3) is 0.0769. The molecule has 0 aliphatic rings. The molecule has 2 aromatic rings. The third kappa shape index (κ3) is 2.92. The van der Waals surface area contributed by atoms with Gasteiger partial charge in [0.05, 0.1) is 5.56 Å². The van der Waals surface area contributed by atoms with Crippen LogP contribution in [-0.4, -0.2) is 10.9 Å². The Kier molecular flexibility index (Phi) is 3.72. The zero-order valence-corrected chi connectivity index (χ0v) is 11.2. The van der Waals surface area contributed by atoms with Crippen LogP contribution in [0, 0.1) is 12.7 Å². The third-order valence-corrected chi connectivity index (χ3v) is 2.96. The van der Waals surface area contributed by atoms with Gasteiger partial charge in [-0.25, -0.2) is 9.37 Å². The third-order valence-electron chi connectivity index (χ3n) is 2.31. The lowest BCUT2D eigenvalue weighted by molar-refractivity contribution is 0.102. The zero-order valence-electron chi connectivity index (χ0n) is 9.58. The smallest absolute Gasteiger partial charge is 0.257 e. The van der Waals surface area contributed by atoms with E-state index in [4.69, 9.17) is 0 Å². The van der Waals surface area contributed by atoms with Crippen LogP contribution in [0.3, 0.4) is 0 Å². The van der Waals surface area contributed by atoms with E-state index in [0.29, 0.717) is 15.9 Å². The second-order valence-electron chi connectivity index (χ2n) is 3.74. The van der Waals surface area contributed by atoms with Gasteiger partial charge in [0, 0.05) is 10.2 Å². The molecule has 0 aliphatic carbocycles. The fourth-order valence-electron chi connectivity index (χ4n) is 1.47. The van der Waals surface area contributed by atoms with Crippen LogP contribution < -0.4 is 5.32 Å². The number of anilines is 1. The maximum Gasteiger partial charge on any atom is 0.257 e. The molecule has 1 heterocycles. The molecule has 0 spiro atoms. The summed E-state index contributed by atoms with van der Waals surface area (Å²) >= 11 is 3.15. The van der Waals surface area contributed by atoms with Gasteiger partial charge in [0.1, 0.15) is 11.6 Å². The highest BCUT2D eigenvalue weighted by atomic mass is 79.9. The van der Waals surface area contributed by atoms with E-state index in [2.05, 4.69) is 26.2 Å². The largest absolute Gasteiger partial charge is 0.307 e. The van der Waals surface area contributed by atoms with E-state index in [1.807, 2.05) is 13.0 Å². The van der Waals surface area contributed by atoms with E-state index in [1.54, 1.807) is 12.1 Å². The van der Waals surface area contributed by atoms with Crippen molar-refractivity contribution in [1.82, 2.24) is 4.98 Å². The summed E-state index contributed by atoms with van der Waals surface area (Å²) in [6.07, 6.45) is 0. The first-order valence-electron chi connectivity index (χ1n) is 5.26. The molecule has 0 radical (unpaired) electrons. The Morgan fingerprint density at radius 2 is 2.11 bits per heavy atom. The standard InChI is InChI=1S/C13H10BrFN2O/c1-8-3-2-4-12(16-8)17-13(18)10-6-5-9(15)7-11(10)14/h2-7H,1H3,(H,16,17,18). The monoisotopic (exact) mass is 308 g/mol. The molecule has 3 nitrogen and oxygen atoms in total. The molecule has 2 rings (SSSR count). The van der Waals surface area contributed by atoms with Crippen LogP contribution in [0.2, 0.25) is 0 Å². The number of pyridine rings is 1. The quantitative estimate of drug-likeness (QED) is 0.922. The Balaban J connectivity index is 2.22. The molecular weight excluding hydrogens is 299 g/mol. The van der Waals surface area contributed by atoms with E-state index >= 15 is 0 Å². The predicted octanol–water partition coefficient (Wildman–Crippen LogP) is 3.54. The summed E-state index contributed by atoms with van der Waals surface area (Å²) < 4.78 is 13.3. The normalized spacial score (nSPS) is 10.2. The summed E-state index contributed by atoms with van der Waals surface area (Å²) in [4.78, 5) is 16.1. The second kappa shape index (κ2) is 5.27. The van der Waals surface area contributed by atoms with Crippen molar-refractivity contribution >= 4 is 27.7 Å². The van der Waals surface area contributed by atoms with Crippen LogP contribution in [0.1, 0.15) is 16.1 Å². The number of nitrogens with zero attached hydrogens (tertiary/aromatic N) is 1. The Morgan fingerprint density at radius 1 is 1.33 bits per heavy atom. The van der Waals surface area contributed by atoms with Gasteiger partial charge in [0.15, 0.2) is 0 Å². The highest BCUT2D eigenvalue weighted by Gasteiger charge is 2.11. The molecule has 0 aliphatic heterocycles. The minimum Gasteiger partial charge on any atom is -0.307 e. The average Bonchev–Trinajstić information content (AvgIpc) is 2.28. The number of aryl methyl sites for hydroxylation is 1. The lowest BCUT2D eigenvalue weighted by Gasteiger charge is -2.06. The first-order chi connectivity index (χ1) is 8.56. The summed E-state index contributed by atoms with van der Waals surface area (Å²) in [5, 5.41) is 2.66. The number of aromatic nitrogens is 1. The van der Waals surface area contributed by atoms with Gasteiger partial charge < -0.3 is 5.32 Å². The van der Waals surface area contributed by atoms with Gasteiger partial charge in [0.25, 0.3) is 5.91 Å². The summed E-state index contributed by atoms with van der Waals surface area (Å²) in [5.41, 5.74) is 1.17. The summed E-state index contributed by atoms with van der Waals surface area (Å²) in [6.45, 7) is 1.84. The molecule has 0 unspecified atom stereocenters. The van der Waals surface area contributed by atoms with E-state index in [-0.39, 0.29) is 5.91 Å². The first-order valence-corrected chi connectivity index (χ1v) is 6.05. The van der Waals surface area contributed by atoms with Gasteiger partial charge in [-0.15, -0.1) is 0 Å². The van der Waals surface area contributed by atoms with E-state index in [9.17, 15) is 9.18 Å². The van der Waals surface area contributed by atoms with Crippen molar-refractivity contribution < 1.29 is 9.18 Å². The lowest BCUT2D eigenvalue weighted by atomic mass is 10.2. The molecule has 18 heavy (non-hydrogen) atoms. The van der Waals surface area contributed by atoms with Gasteiger partial charge in [-0.1, -0.05) is 6.07 Å². The van der Waals surface area contributed by atoms with Crippen molar-refractivity contribution in [3.63, 3.8) is 0 Å². The second-order valence-corrected chi connectivity index (χ2v) is 4.60. The predicted molar refractivity (Wildman–Crippen MR) is 71.0 cm³/mol. The first kappa shape index (κ1) is 12.7. The van der Waals surface area contributed by atoms with Crippen molar-refractivity contribution in [2.24, 2.45) is 0 Å². The number of rotatable bonds is 2. The zero-order chi connectivity index (χ0) is 13.1.